The van der Waals surface area contributed by atoms with E-state index in [1.807, 2.05) is 11.5 Å². The number of aromatic nitrogens is 1. The van der Waals surface area contributed by atoms with Crippen molar-refractivity contribution >= 4 is 39.1 Å². The summed E-state index contributed by atoms with van der Waals surface area (Å²) in [6.45, 7) is 12.9. The van der Waals surface area contributed by atoms with E-state index in [0.29, 0.717) is 34.6 Å². The number of nitrogens with zero attached hydrogens (tertiary/aromatic N) is 1. The number of fused-ring (bicyclic) bond motifs is 2. The number of aryl methyl sites for hydroxylation is 1. The molecule has 4 rings (SSSR count). The summed E-state index contributed by atoms with van der Waals surface area (Å²) in [6.07, 6.45) is 4.58. The summed E-state index contributed by atoms with van der Waals surface area (Å²) in [5, 5.41) is 4.68. The van der Waals surface area contributed by atoms with E-state index in [1.54, 1.807) is 6.08 Å². The van der Waals surface area contributed by atoms with E-state index in [9.17, 15) is 9.59 Å². The Kier molecular flexibility index (Phi) is 5.99. The van der Waals surface area contributed by atoms with Gasteiger partial charge in [-0.2, -0.15) is 0 Å². The number of allylic oxidation sites excluding steroid dienone is 1. The van der Waals surface area contributed by atoms with E-state index in [2.05, 4.69) is 50.9 Å². The van der Waals surface area contributed by atoms with Crippen LogP contribution in [0.25, 0.3) is 10.9 Å². The Morgan fingerprint density at radius 1 is 1.38 bits per heavy atom. The molecule has 1 aromatic carbocycles. The van der Waals surface area contributed by atoms with Crippen LogP contribution in [0.1, 0.15) is 75.5 Å². The van der Waals surface area contributed by atoms with Crippen LogP contribution in [0, 0.1) is 12.8 Å². The molecule has 1 aliphatic rings. The summed E-state index contributed by atoms with van der Waals surface area (Å²) in [6, 6.07) is 6.37. The number of hydrogen-bond donors (Lipinski definition) is 2. The molecule has 168 valence electrons. The van der Waals surface area contributed by atoms with Crippen LogP contribution in [0.5, 0.6) is 0 Å². The zero-order valence-corrected chi connectivity index (χ0v) is 20.1. The lowest BCUT2D eigenvalue weighted by Gasteiger charge is -2.18. The van der Waals surface area contributed by atoms with Crippen LogP contribution in [-0.2, 0) is 19.4 Å². The van der Waals surface area contributed by atoms with Gasteiger partial charge < -0.3 is 15.6 Å². The highest BCUT2D eigenvalue weighted by Crippen LogP contribution is 2.40. The summed E-state index contributed by atoms with van der Waals surface area (Å²) in [5.74, 6) is 0.271. The normalized spacial score (nSPS) is 15.7. The topological polar surface area (TPSA) is 77.1 Å². The van der Waals surface area contributed by atoms with Crippen molar-refractivity contribution in [1.29, 1.82) is 0 Å². The molecular formula is C26H31N3O2S. The minimum absolute atomic E-state index is 0.221. The number of amides is 2. The van der Waals surface area contributed by atoms with Crippen LogP contribution in [0.2, 0.25) is 0 Å². The number of carbonyl (C=O) groups excluding carboxylic acids is 2. The molecule has 1 aliphatic carbocycles. The molecule has 0 saturated carbocycles. The largest absolute Gasteiger partial charge is 0.365 e. The SMILES string of the molecule is C=CCn1c(C(=O)Nc2sc3c(c2C(N)=O)CCC(C)C3)c(C)c2cc(C(C)C)ccc21. The number of hydrogen-bond acceptors (Lipinski definition) is 3. The lowest BCUT2D eigenvalue weighted by molar-refractivity contribution is 0.1000. The Labute approximate surface area is 193 Å². The summed E-state index contributed by atoms with van der Waals surface area (Å²) < 4.78 is 2.00. The first-order valence-corrected chi connectivity index (χ1v) is 12.0. The molecule has 3 aromatic rings. The van der Waals surface area contributed by atoms with Gasteiger partial charge in [-0.25, -0.2) is 0 Å². The highest BCUT2D eigenvalue weighted by Gasteiger charge is 2.29. The Hall–Kier alpha value is -2.86. The highest BCUT2D eigenvalue weighted by atomic mass is 32.1. The number of carbonyl (C=O) groups is 2. The van der Waals surface area contributed by atoms with Gasteiger partial charge in [-0.1, -0.05) is 32.9 Å². The molecule has 0 fully saturated rings. The summed E-state index contributed by atoms with van der Waals surface area (Å²) in [4.78, 5) is 27.0. The van der Waals surface area contributed by atoms with Crippen molar-refractivity contribution in [3.05, 3.63) is 63.7 Å². The van der Waals surface area contributed by atoms with E-state index in [1.165, 1.54) is 16.9 Å². The zero-order chi connectivity index (χ0) is 23.2. The van der Waals surface area contributed by atoms with Gasteiger partial charge in [0.15, 0.2) is 0 Å². The van der Waals surface area contributed by atoms with Gasteiger partial charge in [0.1, 0.15) is 10.7 Å². The fourth-order valence-corrected chi connectivity index (χ4v) is 6.18. The molecule has 6 heteroatoms. The maximum atomic E-state index is 13.6. The van der Waals surface area contributed by atoms with E-state index in [-0.39, 0.29) is 5.91 Å². The first-order chi connectivity index (χ1) is 15.2. The van der Waals surface area contributed by atoms with Crippen molar-refractivity contribution in [3.8, 4) is 0 Å². The quantitative estimate of drug-likeness (QED) is 0.467. The number of benzene rings is 1. The molecule has 0 saturated heterocycles. The van der Waals surface area contributed by atoms with Crippen molar-refractivity contribution in [3.63, 3.8) is 0 Å². The van der Waals surface area contributed by atoms with Crippen molar-refractivity contribution < 1.29 is 9.59 Å². The van der Waals surface area contributed by atoms with Crippen LogP contribution in [0.4, 0.5) is 5.00 Å². The van der Waals surface area contributed by atoms with Gasteiger partial charge in [0.25, 0.3) is 11.8 Å². The van der Waals surface area contributed by atoms with Crippen LogP contribution in [0.3, 0.4) is 0 Å². The minimum atomic E-state index is -0.475. The van der Waals surface area contributed by atoms with Gasteiger partial charge in [0.2, 0.25) is 0 Å². The number of thiophene rings is 1. The molecule has 2 aromatic heterocycles. The Bertz CT molecular complexity index is 1230. The second-order valence-corrected chi connectivity index (χ2v) is 10.3. The predicted octanol–water partition coefficient (Wildman–Crippen LogP) is 5.80. The van der Waals surface area contributed by atoms with Crippen molar-refractivity contribution in [2.75, 3.05) is 5.32 Å². The molecule has 3 N–H and O–H groups in total. The van der Waals surface area contributed by atoms with Gasteiger partial charge in [0.05, 0.1) is 5.56 Å². The van der Waals surface area contributed by atoms with Crippen LogP contribution >= 0.6 is 11.3 Å². The molecule has 5 nitrogen and oxygen atoms in total. The molecule has 0 bridgehead atoms. The molecule has 2 heterocycles. The monoisotopic (exact) mass is 449 g/mol. The molecule has 1 unspecified atom stereocenters. The third-order valence-corrected chi connectivity index (χ3v) is 7.69. The summed E-state index contributed by atoms with van der Waals surface area (Å²) >= 11 is 1.49. The molecule has 1 atom stereocenters. The van der Waals surface area contributed by atoms with Gasteiger partial charge in [-0.15, -0.1) is 17.9 Å². The van der Waals surface area contributed by atoms with Gasteiger partial charge in [0, 0.05) is 22.3 Å². The lowest BCUT2D eigenvalue weighted by Crippen LogP contribution is -2.21. The van der Waals surface area contributed by atoms with E-state index in [0.717, 1.165) is 46.2 Å². The van der Waals surface area contributed by atoms with Crippen molar-refractivity contribution in [2.45, 2.75) is 59.4 Å². The molecule has 0 spiro atoms. The number of primary amides is 1. The second-order valence-electron chi connectivity index (χ2n) is 9.18. The Morgan fingerprint density at radius 3 is 2.78 bits per heavy atom. The third-order valence-electron chi connectivity index (χ3n) is 6.52. The molecule has 0 aliphatic heterocycles. The molecule has 32 heavy (non-hydrogen) atoms. The fourth-order valence-electron chi connectivity index (χ4n) is 4.77. The number of nitrogens with one attached hydrogen (secondary N) is 1. The molecule has 2 amide bonds. The number of rotatable bonds is 6. The number of nitrogens with two attached hydrogens (primary N) is 1. The second kappa shape index (κ2) is 8.58. The van der Waals surface area contributed by atoms with Gasteiger partial charge in [-0.3, -0.25) is 9.59 Å². The fraction of sp³-hybridized carbons (Fsp3) is 0.385. The van der Waals surface area contributed by atoms with Crippen LogP contribution in [-0.4, -0.2) is 16.4 Å². The molecule has 0 radical (unpaired) electrons. The number of anilines is 1. The van der Waals surface area contributed by atoms with Crippen molar-refractivity contribution in [1.82, 2.24) is 4.57 Å². The molecular weight excluding hydrogens is 418 g/mol. The van der Waals surface area contributed by atoms with E-state index < -0.39 is 5.91 Å². The van der Waals surface area contributed by atoms with Gasteiger partial charge in [-0.05, 0) is 66.8 Å². The average molecular weight is 450 g/mol. The first-order valence-electron chi connectivity index (χ1n) is 11.2. The van der Waals surface area contributed by atoms with Crippen LogP contribution in [0.15, 0.2) is 30.9 Å². The maximum absolute atomic E-state index is 13.6. The first kappa shape index (κ1) is 22.3. The average Bonchev–Trinajstić information content (AvgIpc) is 3.22. The lowest BCUT2D eigenvalue weighted by atomic mass is 9.88. The Morgan fingerprint density at radius 2 is 2.12 bits per heavy atom. The zero-order valence-electron chi connectivity index (χ0n) is 19.2. The van der Waals surface area contributed by atoms with E-state index >= 15 is 0 Å². The Balaban J connectivity index is 1.79. The van der Waals surface area contributed by atoms with E-state index in [4.69, 9.17) is 5.73 Å². The van der Waals surface area contributed by atoms with Crippen LogP contribution < -0.4 is 11.1 Å². The standard InChI is InChI=1S/C26H31N3O2S/c1-6-11-29-20-10-8-17(14(2)3)13-19(20)16(5)23(29)25(31)28-26-22(24(27)30)18-9-7-15(4)12-21(18)32-26/h6,8,10,13-15H,1,7,9,11-12H2,2-5H3,(H2,27,30)(H,28,31). The maximum Gasteiger partial charge on any atom is 0.273 e. The van der Waals surface area contributed by atoms with Gasteiger partial charge >= 0.3 is 0 Å². The summed E-state index contributed by atoms with van der Waals surface area (Å²) in [5.41, 5.74) is 11.0. The minimum Gasteiger partial charge on any atom is -0.365 e. The summed E-state index contributed by atoms with van der Waals surface area (Å²) in [7, 11) is 0. The highest BCUT2D eigenvalue weighted by molar-refractivity contribution is 7.17. The third kappa shape index (κ3) is 3.77. The van der Waals surface area contributed by atoms with Crippen molar-refractivity contribution in [2.24, 2.45) is 11.7 Å². The smallest absolute Gasteiger partial charge is 0.273 e. The predicted molar refractivity (Wildman–Crippen MR) is 133 cm³/mol.